The van der Waals surface area contributed by atoms with E-state index in [9.17, 15) is 9.59 Å². The highest BCUT2D eigenvalue weighted by molar-refractivity contribution is 5.85. The van der Waals surface area contributed by atoms with Crippen LogP contribution in [-0.4, -0.2) is 32.3 Å². The van der Waals surface area contributed by atoms with E-state index in [1.807, 2.05) is 34.9 Å². The van der Waals surface area contributed by atoms with Gasteiger partial charge in [-0.2, -0.15) is 0 Å². The molecule has 0 saturated heterocycles. The Morgan fingerprint density at radius 1 is 0.970 bits per heavy atom. The lowest BCUT2D eigenvalue weighted by molar-refractivity contribution is 0.414. The fourth-order valence-electron chi connectivity index (χ4n) is 3.93. The predicted octanol–water partition coefficient (Wildman–Crippen LogP) is 2.63. The Balaban J connectivity index is 0.00000306. The molecular weight excluding hydrogens is 442 g/mol. The molecule has 4 aromatic rings. The van der Waals surface area contributed by atoms with E-state index < -0.39 is 0 Å². The number of rotatable bonds is 8. The Morgan fingerprint density at radius 2 is 1.64 bits per heavy atom. The molecular formula is C24H28ClN5O3. The van der Waals surface area contributed by atoms with E-state index in [0.717, 1.165) is 28.8 Å². The standard InChI is InChI=1S/C24H27N5O3.ClH/c1-27-22-21(23(30)28(2)24(27)31)29(16-26-22)15-7-14-25-20(17-8-5-4-6-9-17)18-10-12-19(32-3)13-11-18;/h4-6,8-13,16,20,25H,7,14-15H2,1-3H3;1H. The zero-order valence-corrected chi connectivity index (χ0v) is 19.7. The van der Waals surface area contributed by atoms with Crippen LogP contribution in [0.4, 0.5) is 0 Å². The van der Waals surface area contributed by atoms with Gasteiger partial charge in [0.15, 0.2) is 11.2 Å². The lowest BCUT2D eigenvalue weighted by Gasteiger charge is -2.20. The average molecular weight is 470 g/mol. The van der Waals surface area contributed by atoms with Gasteiger partial charge in [0.25, 0.3) is 5.56 Å². The fourth-order valence-corrected chi connectivity index (χ4v) is 3.93. The summed E-state index contributed by atoms with van der Waals surface area (Å²) in [4.78, 5) is 29.0. The molecule has 0 spiro atoms. The van der Waals surface area contributed by atoms with Crippen molar-refractivity contribution in [1.82, 2.24) is 24.0 Å². The maximum Gasteiger partial charge on any atom is 0.332 e. The average Bonchev–Trinajstić information content (AvgIpc) is 3.26. The Labute approximate surface area is 197 Å². The second kappa shape index (κ2) is 10.5. The molecule has 2 aromatic heterocycles. The number of aryl methyl sites for hydroxylation is 2. The molecule has 0 aliphatic carbocycles. The lowest BCUT2D eigenvalue weighted by Crippen LogP contribution is -2.37. The Morgan fingerprint density at radius 3 is 2.30 bits per heavy atom. The highest BCUT2D eigenvalue weighted by Crippen LogP contribution is 2.24. The number of nitrogens with zero attached hydrogens (tertiary/aromatic N) is 4. The molecule has 1 unspecified atom stereocenters. The summed E-state index contributed by atoms with van der Waals surface area (Å²) in [6, 6.07) is 18.4. The zero-order valence-electron chi connectivity index (χ0n) is 18.9. The second-order valence-corrected chi connectivity index (χ2v) is 7.74. The smallest absolute Gasteiger partial charge is 0.332 e. The van der Waals surface area contributed by atoms with Gasteiger partial charge in [0.05, 0.1) is 19.5 Å². The molecule has 1 N–H and O–H groups in total. The molecule has 0 aliphatic rings. The van der Waals surface area contributed by atoms with Crippen LogP contribution in [0.5, 0.6) is 5.75 Å². The predicted molar refractivity (Wildman–Crippen MR) is 131 cm³/mol. The molecule has 33 heavy (non-hydrogen) atoms. The van der Waals surface area contributed by atoms with Crippen molar-refractivity contribution >= 4 is 23.6 Å². The molecule has 2 aromatic carbocycles. The Hall–Kier alpha value is -3.36. The zero-order chi connectivity index (χ0) is 22.7. The van der Waals surface area contributed by atoms with E-state index in [-0.39, 0.29) is 29.7 Å². The van der Waals surface area contributed by atoms with E-state index >= 15 is 0 Å². The van der Waals surface area contributed by atoms with Gasteiger partial charge in [-0.3, -0.25) is 13.9 Å². The highest BCUT2D eigenvalue weighted by atomic mass is 35.5. The van der Waals surface area contributed by atoms with Gasteiger partial charge in [-0.25, -0.2) is 9.78 Å². The number of halogens is 1. The van der Waals surface area contributed by atoms with Gasteiger partial charge in [-0.15, -0.1) is 12.4 Å². The third kappa shape index (κ3) is 4.86. The second-order valence-electron chi connectivity index (χ2n) is 7.74. The minimum Gasteiger partial charge on any atom is -0.497 e. The van der Waals surface area contributed by atoms with Crippen LogP contribution in [0.3, 0.4) is 0 Å². The molecule has 9 heteroatoms. The number of methoxy groups -OCH3 is 1. The summed E-state index contributed by atoms with van der Waals surface area (Å²) in [5.41, 5.74) is 2.48. The first-order valence-electron chi connectivity index (χ1n) is 10.5. The van der Waals surface area contributed by atoms with Gasteiger partial charge >= 0.3 is 5.69 Å². The number of fused-ring (bicyclic) bond motifs is 1. The summed E-state index contributed by atoms with van der Waals surface area (Å²) in [5.74, 6) is 0.823. The summed E-state index contributed by atoms with van der Waals surface area (Å²) in [7, 11) is 4.78. The quantitative estimate of drug-likeness (QED) is 0.401. The molecule has 0 radical (unpaired) electrons. The number of aromatic nitrogens is 4. The van der Waals surface area contributed by atoms with Crippen molar-refractivity contribution in [3.63, 3.8) is 0 Å². The van der Waals surface area contributed by atoms with Crippen LogP contribution in [-0.2, 0) is 20.6 Å². The third-order valence-corrected chi connectivity index (χ3v) is 5.72. The monoisotopic (exact) mass is 469 g/mol. The molecule has 4 rings (SSSR count). The first-order chi connectivity index (χ1) is 15.5. The van der Waals surface area contributed by atoms with E-state index in [0.29, 0.717) is 17.7 Å². The number of benzene rings is 2. The van der Waals surface area contributed by atoms with Crippen molar-refractivity contribution < 1.29 is 4.74 Å². The summed E-state index contributed by atoms with van der Waals surface area (Å²) < 4.78 is 9.63. The largest absolute Gasteiger partial charge is 0.497 e. The van der Waals surface area contributed by atoms with E-state index in [2.05, 4.69) is 34.6 Å². The Kier molecular flexibility index (Phi) is 7.73. The number of nitrogens with one attached hydrogen (secondary N) is 1. The van der Waals surface area contributed by atoms with E-state index in [4.69, 9.17) is 4.74 Å². The maximum atomic E-state index is 12.6. The minimum absolute atomic E-state index is 0. The van der Waals surface area contributed by atoms with Gasteiger partial charge in [0, 0.05) is 20.6 Å². The van der Waals surface area contributed by atoms with Gasteiger partial charge in [0.1, 0.15) is 5.75 Å². The summed E-state index contributed by atoms with van der Waals surface area (Å²) in [6.45, 7) is 1.35. The topological polar surface area (TPSA) is 83.1 Å². The van der Waals surface area contributed by atoms with Crippen molar-refractivity contribution in [2.75, 3.05) is 13.7 Å². The molecule has 1 atom stereocenters. The van der Waals surface area contributed by atoms with Crippen LogP contribution < -0.4 is 21.3 Å². The number of hydrogen-bond donors (Lipinski definition) is 1. The van der Waals surface area contributed by atoms with Gasteiger partial charge in [-0.1, -0.05) is 42.5 Å². The summed E-state index contributed by atoms with van der Waals surface area (Å²) in [5, 5.41) is 3.63. The van der Waals surface area contributed by atoms with Crippen molar-refractivity contribution in [3.8, 4) is 5.75 Å². The molecule has 0 aliphatic heterocycles. The van der Waals surface area contributed by atoms with Crippen molar-refractivity contribution in [2.24, 2.45) is 14.1 Å². The van der Waals surface area contributed by atoms with Crippen LogP contribution in [0.25, 0.3) is 11.2 Å². The first-order valence-corrected chi connectivity index (χ1v) is 10.5. The fraction of sp³-hybridized carbons (Fsp3) is 0.292. The maximum absolute atomic E-state index is 12.6. The van der Waals surface area contributed by atoms with Crippen LogP contribution in [0.2, 0.25) is 0 Å². The SMILES string of the molecule is COc1ccc(C(NCCCn2cnc3c2c(=O)n(C)c(=O)n3C)c2ccccc2)cc1.Cl. The first kappa shape index (κ1) is 24.3. The molecule has 8 nitrogen and oxygen atoms in total. The molecule has 0 saturated carbocycles. The van der Waals surface area contributed by atoms with Crippen LogP contribution >= 0.6 is 12.4 Å². The molecule has 174 valence electrons. The normalized spacial score (nSPS) is 11.8. The lowest BCUT2D eigenvalue weighted by atomic mass is 9.98. The van der Waals surface area contributed by atoms with E-state index in [1.54, 1.807) is 20.5 Å². The van der Waals surface area contributed by atoms with Crippen molar-refractivity contribution in [1.29, 1.82) is 0 Å². The van der Waals surface area contributed by atoms with Crippen molar-refractivity contribution in [3.05, 3.63) is 92.9 Å². The van der Waals surface area contributed by atoms with Crippen LogP contribution in [0.15, 0.2) is 70.5 Å². The van der Waals surface area contributed by atoms with Gasteiger partial charge < -0.3 is 14.6 Å². The highest BCUT2D eigenvalue weighted by Gasteiger charge is 2.15. The minimum atomic E-state index is -0.375. The summed E-state index contributed by atoms with van der Waals surface area (Å²) in [6.07, 6.45) is 2.42. The van der Waals surface area contributed by atoms with E-state index in [1.165, 1.54) is 17.2 Å². The summed E-state index contributed by atoms with van der Waals surface area (Å²) >= 11 is 0. The molecule has 0 fully saturated rings. The Bertz CT molecular complexity index is 1330. The van der Waals surface area contributed by atoms with Crippen LogP contribution in [0, 0.1) is 0 Å². The number of hydrogen-bond acceptors (Lipinski definition) is 5. The molecule has 0 amide bonds. The molecule has 0 bridgehead atoms. The van der Waals surface area contributed by atoms with Gasteiger partial charge in [0.2, 0.25) is 0 Å². The molecule has 2 heterocycles. The number of imidazole rings is 1. The van der Waals surface area contributed by atoms with Crippen molar-refractivity contribution in [2.45, 2.75) is 19.0 Å². The van der Waals surface area contributed by atoms with Gasteiger partial charge in [-0.05, 0) is 36.2 Å². The number of ether oxygens (including phenoxy) is 1. The third-order valence-electron chi connectivity index (χ3n) is 5.72. The van der Waals surface area contributed by atoms with Crippen LogP contribution in [0.1, 0.15) is 23.6 Å².